The molecule has 0 aliphatic heterocycles. The number of carbonyl (C=O) groups is 1. The lowest BCUT2D eigenvalue weighted by Crippen LogP contribution is -1.98. The maximum absolute atomic E-state index is 10.6. The molecule has 0 atom stereocenters. The summed E-state index contributed by atoms with van der Waals surface area (Å²) in [5.74, 6) is 0.563. The first kappa shape index (κ1) is 17.0. The van der Waals surface area contributed by atoms with Gasteiger partial charge in [-0.25, -0.2) is 0 Å². The van der Waals surface area contributed by atoms with Crippen LogP contribution in [0.25, 0.3) is 6.08 Å². The molecule has 0 aliphatic rings. The molecule has 21 heavy (non-hydrogen) atoms. The van der Waals surface area contributed by atoms with Crippen LogP contribution in [-0.2, 0) is 9.53 Å². The van der Waals surface area contributed by atoms with E-state index in [4.69, 9.17) is 9.26 Å². The summed E-state index contributed by atoms with van der Waals surface area (Å²) in [6.07, 6.45) is 9.98. The fourth-order valence-electron chi connectivity index (χ4n) is 1.68. The molecule has 114 valence electrons. The zero-order valence-electron chi connectivity index (χ0n) is 13.2. The Morgan fingerprint density at radius 3 is 2.71 bits per heavy atom. The van der Waals surface area contributed by atoms with E-state index in [0.717, 1.165) is 24.3 Å². The van der Waals surface area contributed by atoms with Gasteiger partial charge in [-0.05, 0) is 45.8 Å². The Labute approximate surface area is 126 Å². The molecular weight excluding hydrogens is 266 g/mol. The zero-order valence-corrected chi connectivity index (χ0v) is 13.2. The van der Waals surface area contributed by atoms with E-state index in [1.807, 2.05) is 38.1 Å². The van der Waals surface area contributed by atoms with Crippen LogP contribution >= 0.6 is 0 Å². The van der Waals surface area contributed by atoms with E-state index in [9.17, 15) is 4.79 Å². The maximum atomic E-state index is 10.6. The first-order valence-corrected chi connectivity index (χ1v) is 7.04. The van der Waals surface area contributed by atoms with Gasteiger partial charge in [0.1, 0.15) is 18.1 Å². The minimum atomic E-state index is -0.247. The lowest BCUT2D eigenvalue weighted by Gasteiger charge is -2.00. The fraction of sp³-hybridized carbons (Fsp3) is 0.412. The van der Waals surface area contributed by atoms with Gasteiger partial charge in [0.05, 0.1) is 0 Å². The molecule has 4 heteroatoms. The largest absolute Gasteiger partial charge is 0.462 e. The van der Waals surface area contributed by atoms with Crippen molar-refractivity contribution in [3.05, 3.63) is 46.9 Å². The highest BCUT2D eigenvalue weighted by Gasteiger charge is 1.95. The second kappa shape index (κ2) is 8.95. The van der Waals surface area contributed by atoms with Crippen molar-refractivity contribution in [1.82, 2.24) is 5.16 Å². The second-order valence-corrected chi connectivity index (χ2v) is 5.04. The molecule has 0 aromatic carbocycles. The summed E-state index contributed by atoms with van der Waals surface area (Å²) in [5.41, 5.74) is 3.23. The third kappa shape index (κ3) is 7.92. The first-order valence-electron chi connectivity index (χ1n) is 7.04. The SMILES string of the molecule is CC(=O)OC/C=C(\C)CC/C=C(C)/C=C/c1cc(C)on1. The number of nitrogens with zero attached hydrogens (tertiary/aromatic N) is 1. The van der Waals surface area contributed by atoms with Crippen LogP contribution in [0.3, 0.4) is 0 Å². The molecule has 1 aromatic rings. The smallest absolute Gasteiger partial charge is 0.302 e. The lowest BCUT2D eigenvalue weighted by atomic mass is 10.1. The van der Waals surface area contributed by atoms with E-state index >= 15 is 0 Å². The number of esters is 1. The van der Waals surface area contributed by atoms with Gasteiger partial charge < -0.3 is 9.26 Å². The van der Waals surface area contributed by atoms with E-state index in [1.54, 1.807) is 0 Å². The van der Waals surface area contributed by atoms with Crippen molar-refractivity contribution in [2.75, 3.05) is 6.61 Å². The van der Waals surface area contributed by atoms with Gasteiger partial charge in [0.15, 0.2) is 0 Å². The molecule has 1 heterocycles. The van der Waals surface area contributed by atoms with Crippen LogP contribution in [0.1, 0.15) is 45.1 Å². The summed E-state index contributed by atoms with van der Waals surface area (Å²) >= 11 is 0. The average Bonchev–Trinajstić information content (AvgIpc) is 2.82. The van der Waals surface area contributed by atoms with Gasteiger partial charge in [0.2, 0.25) is 0 Å². The Hall–Kier alpha value is -2.10. The van der Waals surface area contributed by atoms with Gasteiger partial charge in [-0.2, -0.15) is 0 Å². The van der Waals surface area contributed by atoms with Crippen LogP contribution < -0.4 is 0 Å². The number of ether oxygens (including phenoxy) is 1. The monoisotopic (exact) mass is 289 g/mol. The van der Waals surface area contributed by atoms with E-state index < -0.39 is 0 Å². The number of aromatic nitrogens is 1. The van der Waals surface area contributed by atoms with Gasteiger partial charge in [-0.15, -0.1) is 0 Å². The number of aryl methyl sites for hydroxylation is 1. The van der Waals surface area contributed by atoms with E-state index in [0.29, 0.717) is 6.61 Å². The highest BCUT2D eigenvalue weighted by Crippen LogP contribution is 2.09. The second-order valence-electron chi connectivity index (χ2n) is 5.04. The number of rotatable bonds is 7. The number of allylic oxidation sites excluding steroid dienone is 4. The summed E-state index contributed by atoms with van der Waals surface area (Å²) in [7, 11) is 0. The van der Waals surface area contributed by atoms with Gasteiger partial charge >= 0.3 is 5.97 Å². The highest BCUT2D eigenvalue weighted by atomic mass is 16.5. The Morgan fingerprint density at radius 2 is 2.10 bits per heavy atom. The van der Waals surface area contributed by atoms with Crippen molar-refractivity contribution < 1.29 is 14.1 Å². The zero-order chi connectivity index (χ0) is 15.7. The van der Waals surface area contributed by atoms with Crippen molar-refractivity contribution in [1.29, 1.82) is 0 Å². The van der Waals surface area contributed by atoms with Crippen LogP contribution in [-0.4, -0.2) is 17.7 Å². The fourth-order valence-corrected chi connectivity index (χ4v) is 1.68. The van der Waals surface area contributed by atoms with Gasteiger partial charge in [0.25, 0.3) is 0 Å². The summed E-state index contributed by atoms with van der Waals surface area (Å²) in [5, 5.41) is 3.90. The van der Waals surface area contributed by atoms with E-state index in [-0.39, 0.29) is 5.97 Å². The Morgan fingerprint density at radius 1 is 1.33 bits per heavy atom. The summed E-state index contributed by atoms with van der Waals surface area (Å²) in [4.78, 5) is 10.6. The van der Waals surface area contributed by atoms with Gasteiger partial charge in [0, 0.05) is 13.0 Å². The van der Waals surface area contributed by atoms with E-state index in [1.165, 1.54) is 18.1 Å². The van der Waals surface area contributed by atoms with Crippen LogP contribution in [0.5, 0.6) is 0 Å². The van der Waals surface area contributed by atoms with Crippen molar-refractivity contribution >= 4 is 12.0 Å². The topological polar surface area (TPSA) is 52.3 Å². The van der Waals surface area contributed by atoms with Crippen molar-refractivity contribution in [2.24, 2.45) is 0 Å². The molecule has 0 N–H and O–H groups in total. The highest BCUT2D eigenvalue weighted by molar-refractivity contribution is 5.66. The molecule has 0 spiro atoms. The standard InChI is InChI=1S/C17H23NO3/c1-13(8-9-17-12-15(3)21-18-17)6-5-7-14(2)10-11-20-16(4)19/h6,8-10,12H,5,7,11H2,1-4H3/b9-8+,13-6+,14-10+. The van der Waals surface area contributed by atoms with Crippen molar-refractivity contribution in [2.45, 2.75) is 40.5 Å². The molecule has 0 bridgehead atoms. The minimum absolute atomic E-state index is 0.247. The summed E-state index contributed by atoms with van der Waals surface area (Å²) < 4.78 is 9.87. The molecular formula is C17H23NO3. The van der Waals surface area contributed by atoms with Crippen LogP contribution in [0.2, 0.25) is 0 Å². The predicted octanol–water partition coefficient (Wildman–Crippen LogP) is 4.23. The third-order valence-electron chi connectivity index (χ3n) is 2.89. The quantitative estimate of drug-likeness (QED) is 0.428. The lowest BCUT2D eigenvalue weighted by molar-refractivity contribution is -0.139. The van der Waals surface area contributed by atoms with Gasteiger partial charge in [-0.3, -0.25) is 4.79 Å². The Bertz CT molecular complexity index is 550. The van der Waals surface area contributed by atoms with Crippen LogP contribution in [0.4, 0.5) is 0 Å². The molecule has 0 unspecified atom stereocenters. The van der Waals surface area contributed by atoms with E-state index in [2.05, 4.69) is 18.2 Å². The predicted molar refractivity (Wildman–Crippen MR) is 83.7 cm³/mol. The van der Waals surface area contributed by atoms with Crippen LogP contribution in [0, 0.1) is 6.92 Å². The third-order valence-corrected chi connectivity index (χ3v) is 2.89. The van der Waals surface area contributed by atoms with Crippen LogP contribution in [0.15, 0.2) is 40.0 Å². The molecule has 1 aromatic heterocycles. The summed E-state index contributed by atoms with van der Waals surface area (Å²) in [6, 6.07) is 1.89. The molecule has 0 radical (unpaired) electrons. The molecule has 0 saturated carbocycles. The number of carbonyl (C=O) groups excluding carboxylic acids is 1. The maximum Gasteiger partial charge on any atom is 0.302 e. The number of hydrogen-bond acceptors (Lipinski definition) is 4. The van der Waals surface area contributed by atoms with Crippen molar-refractivity contribution in [3.63, 3.8) is 0 Å². The average molecular weight is 289 g/mol. The number of hydrogen-bond donors (Lipinski definition) is 0. The molecule has 0 saturated heterocycles. The molecule has 0 fully saturated rings. The van der Waals surface area contributed by atoms with Gasteiger partial charge in [-0.1, -0.05) is 28.5 Å². The molecule has 0 aliphatic carbocycles. The summed E-state index contributed by atoms with van der Waals surface area (Å²) in [6.45, 7) is 7.74. The Balaban J connectivity index is 2.35. The molecule has 1 rings (SSSR count). The normalized spacial score (nSPS) is 13.0. The molecule has 4 nitrogen and oxygen atoms in total. The first-order chi connectivity index (χ1) is 9.97. The Kier molecular flexibility index (Phi) is 7.23. The minimum Gasteiger partial charge on any atom is -0.462 e. The molecule has 0 amide bonds. The van der Waals surface area contributed by atoms with Crippen molar-refractivity contribution in [3.8, 4) is 0 Å².